The van der Waals surface area contributed by atoms with Crippen molar-refractivity contribution in [3.8, 4) is 0 Å². The minimum absolute atomic E-state index is 0.384. The van der Waals surface area contributed by atoms with Crippen LogP contribution in [-0.4, -0.2) is 18.0 Å². The van der Waals surface area contributed by atoms with Crippen LogP contribution >= 0.6 is 11.6 Å². The van der Waals surface area contributed by atoms with Gasteiger partial charge < -0.3 is 4.90 Å². The topological polar surface area (TPSA) is 3.24 Å². The molecule has 1 heterocycles. The summed E-state index contributed by atoms with van der Waals surface area (Å²) in [7, 11) is 0. The van der Waals surface area contributed by atoms with Gasteiger partial charge in [-0.3, -0.25) is 0 Å². The molecular weight excluding hydrogens is 350 g/mol. The fourth-order valence-corrected chi connectivity index (χ4v) is 6.17. The van der Waals surface area contributed by atoms with Crippen LogP contribution < -0.4 is 0 Å². The maximum Gasteiger partial charge on any atom is 0.0443 e. The van der Waals surface area contributed by atoms with Crippen molar-refractivity contribution in [3.05, 3.63) is 46.6 Å². The van der Waals surface area contributed by atoms with Gasteiger partial charge in [0.15, 0.2) is 0 Å². The molecule has 1 aliphatic heterocycles. The number of benzene rings is 1. The number of hydrogen-bond donors (Lipinski definition) is 0. The standard InChI is InChI=1S/C25H38ClN/c1-19(27-12-8-6-7-9-13-27)14-20-10-11-22(23(26)15-20)21-16-24(2,3)18-25(4,5)17-21/h10-11,15,21H,1,6-9,12-14,16-18H2,2-5H3. The van der Waals surface area contributed by atoms with Crippen molar-refractivity contribution in [1.82, 2.24) is 4.90 Å². The van der Waals surface area contributed by atoms with Crippen LogP contribution in [0.25, 0.3) is 0 Å². The Bertz CT molecular complexity index is 649. The highest BCUT2D eigenvalue weighted by Gasteiger charge is 2.39. The fraction of sp³-hybridized carbons (Fsp3) is 0.680. The largest absolute Gasteiger partial charge is 0.375 e. The lowest BCUT2D eigenvalue weighted by molar-refractivity contribution is 0.0969. The van der Waals surface area contributed by atoms with E-state index in [9.17, 15) is 0 Å². The van der Waals surface area contributed by atoms with E-state index < -0.39 is 0 Å². The van der Waals surface area contributed by atoms with E-state index in [2.05, 4.69) is 57.4 Å². The second kappa shape index (κ2) is 8.19. The third-order valence-electron chi connectivity index (χ3n) is 6.52. The van der Waals surface area contributed by atoms with Crippen molar-refractivity contribution < 1.29 is 0 Å². The predicted octanol–water partition coefficient (Wildman–Crippen LogP) is 7.59. The summed E-state index contributed by atoms with van der Waals surface area (Å²) in [4.78, 5) is 2.49. The normalized spacial score (nSPS) is 23.1. The lowest BCUT2D eigenvalue weighted by Gasteiger charge is -2.45. The number of likely N-dealkylation sites (tertiary alicyclic amines) is 1. The molecule has 1 aliphatic carbocycles. The molecular formula is C25H38ClN. The second-order valence-electron chi connectivity index (χ2n) is 10.6. The summed E-state index contributed by atoms with van der Waals surface area (Å²) in [6.07, 6.45) is 9.99. The average molecular weight is 388 g/mol. The van der Waals surface area contributed by atoms with E-state index in [1.807, 2.05) is 0 Å². The number of nitrogens with zero attached hydrogens (tertiary/aromatic N) is 1. The van der Waals surface area contributed by atoms with Gasteiger partial charge in [0, 0.05) is 30.2 Å². The van der Waals surface area contributed by atoms with Crippen molar-refractivity contribution >= 4 is 11.6 Å². The molecule has 27 heavy (non-hydrogen) atoms. The molecule has 1 nitrogen and oxygen atoms in total. The Morgan fingerprint density at radius 1 is 1.04 bits per heavy atom. The van der Waals surface area contributed by atoms with Crippen LogP contribution in [0.3, 0.4) is 0 Å². The molecule has 0 atom stereocenters. The number of halogens is 1. The lowest BCUT2D eigenvalue weighted by atomic mass is 9.60. The Balaban J connectivity index is 1.71. The SMILES string of the molecule is C=C(Cc1ccc(C2CC(C)(C)CC(C)(C)C2)c(Cl)c1)N1CCCCCC1. The van der Waals surface area contributed by atoms with Crippen LogP contribution in [0.15, 0.2) is 30.5 Å². The van der Waals surface area contributed by atoms with Gasteiger partial charge in [0.2, 0.25) is 0 Å². The van der Waals surface area contributed by atoms with Gasteiger partial charge in [0.1, 0.15) is 0 Å². The zero-order chi connectivity index (χ0) is 19.7. The maximum absolute atomic E-state index is 6.80. The van der Waals surface area contributed by atoms with Gasteiger partial charge >= 0.3 is 0 Å². The van der Waals surface area contributed by atoms with E-state index in [0.717, 1.165) is 24.5 Å². The molecule has 0 amide bonds. The van der Waals surface area contributed by atoms with E-state index in [4.69, 9.17) is 11.6 Å². The maximum atomic E-state index is 6.80. The molecule has 0 N–H and O–H groups in total. The van der Waals surface area contributed by atoms with Gasteiger partial charge in [-0.25, -0.2) is 0 Å². The van der Waals surface area contributed by atoms with E-state index in [1.165, 1.54) is 61.8 Å². The first-order valence-corrected chi connectivity index (χ1v) is 11.2. The average Bonchev–Trinajstić information content (AvgIpc) is 2.81. The molecule has 2 aliphatic rings. The Hall–Kier alpha value is -0.950. The summed E-state index contributed by atoms with van der Waals surface area (Å²) in [5.41, 5.74) is 4.67. The smallest absolute Gasteiger partial charge is 0.0443 e. The highest BCUT2D eigenvalue weighted by Crippen LogP contribution is 2.52. The van der Waals surface area contributed by atoms with Crippen molar-refractivity contribution in [2.75, 3.05) is 13.1 Å². The molecule has 0 spiro atoms. The molecule has 0 bridgehead atoms. The minimum atomic E-state index is 0.384. The summed E-state index contributed by atoms with van der Waals surface area (Å²) in [5, 5.41) is 0.953. The third-order valence-corrected chi connectivity index (χ3v) is 6.85. The molecule has 1 saturated carbocycles. The lowest BCUT2D eigenvalue weighted by Crippen LogP contribution is -2.33. The van der Waals surface area contributed by atoms with E-state index in [0.29, 0.717) is 16.7 Å². The van der Waals surface area contributed by atoms with Gasteiger partial charge in [-0.2, -0.15) is 0 Å². The van der Waals surface area contributed by atoms with Crippen molar-refractivity contribution in [2.45, 2.75) is 85.0 Å². The molecule has 0 unspecified atom stereocenters. The molecule has 2 heteroatoms. The zero-order valence-electron chi connectivity index (χ0n) is 17.9. The predicted molar refractivity (Wildman–Crippen MR) is 118 cm³/mol. The zero-order valence-corrected chi connectivity index (χ0v) is 18.7. The minimum Gasteiger partial charge on any atom is -0.375 e. The number of allylic oxidation sites excluding steroid dienone is 1. The molecule has 0 radical (unpaired) electrons. The summed E-state index contributed by atoms with van der Waals surface area (Å²) < 4.78 is 0. The molecule has 3 rings (SSSR count). The first-order chi connectivity index (χ1) is 12.7. The van der Waals surface area contributed by atoms with E-state index in [-0.39, 0.29) is 0 Å². The first-order valence-electron chi connectivity index (χ1n) is 10.9. The van der Waals surface area contributed by atoms with Crippen LogP contribution in [0.4, 0.5) is 0 Å². The second-order valence-corrected chi connectivity index (χ2v) is 11.0. The van der Waals surface area contributed by atoms with Gasteiger partial charge in [-0.15, -0.1) is 0 Å². The van der Waals surface area contributed by atoms with Crippen LogP contribution in [0, 0.1) is 10.8 Å². The summed E-state index contributed by atoms with van der Waals surface area (Å²) in [6.45, 7) is 16.3. The Morgan fingerprint density at radius 2 is 1.63 bits per heavy atom. The van der Waals surface area contributed by atoms with Gasteiger partial charge in [0.25, 0.3) is 0 Å². The van der Waals surface area contributed by atoms with Gasteiger partial charge in [-0.05, 0) is 66.0 Å². The van der Waals surface area contributed by atoms with Crippen LogP contribution in [0.1, 0.15) is 89.7 Å². The highest BCUT2D eigenvalue weighted by atomic mass is 35.5. The summed E-state index contributed by atoms with van der Waals surface area (Å²) in [5.74, 6) is 0.569. The quantitative estimate of drug-likeness (QED) is 0.514. The molecule has 1 saturated heterocycles. The monoisotopic (exact) mass is 387 g/mol. The Labute approximate surface area is 172 Å². The Morgan fingerprint density at radius 3 is 2.19 bits per heavy atom. The summed E-state index contributed by atoms with van der Waals surface area (Å²) in [6, 6.07) is 6.79. The van der Waals surface area contributed by atoms with Crippen molar-refractivity contribution in [2.24, 2.45) is 10.8 Å². The van der Waals surface area contributed by atoms with Gasteiger partial charge in [-0.1, -0.05) is 70.8 Å². The molecule has 1 aromatic carbocycles. The van der Waals surface area contributed by atoms with Gasteiger partial charge in [0.05, 0.1) is 0 Å². The van der Waals surface area contributed by atoms with Crippen LogP contribution in [0.5, 0.6) is 0 Å². The first kappa shape index (κ1) is 20.8. The number of hydrogen-bond acceptors (Lipinski definition) is 1. The third kappa shape index (κ3) is 5.53. The summed E-state index contributed by atoms with van der Waals surface area (Å²) >= 11 is 6.80. The Kier molecular flexibility index (Phi) is 6.31. The van der Waals surface area contributed by atoms with Crippen LogP contribution in [-0.2, 0) is 6.42 Å². The number of rotatable bonds is 4. The fourth-order valence-electron chi connectivity index (χ4n) is 5.81. The van der Waals surface area contributed by atoms with Crippen molar-refractivity contribution in [1.29, 1.82) is 0 Å². The van der Waals surface area contributed by atoms with E-state index in [1.54, 1.807) is 0 Å². The highest BCUT2D eigenvalue weighted by molar-refractivity contribution is 6.31. The van der Waals surface area contributed by atoms with E-state index >= 15 is 0 Å². The van der Waals surface area contributed by atoms with Crippen molar-refractivity contribution in [3.63, 3.8) is 0 Å². The molecule has 1 aromatic rings. The molecule has 150 valence electrons. The van der Waals surface area contributed by atoms with Crippen LogP contribution in [0.2, 0.25) is 5.02 Å². The molecule has 0 aromatic heterocycles. The molecule has 2 fully saturated rings.